The summed E-state index contributed by atoms with van der Waals surface area (Å²) in [5.41, 5.74) is 1.06. The molecule has 0 spiro atoms. The van der Waals surface area contributed by atoms with Gasteiger partial charge in [0.2, 0.25) is 0 Å². The Kier molecular flexibility index (Phi) is 5.76. The van der Waals surface area contributed by atoms with Crippen LogP contribution >= 0.6 is 0 Å². The predicted molar refractivity (Wildman–Crippen MR) is 77.4 cm³/mol. The smallest absolute Gasteiger partial charge is 0.142 e. The van der Waals surface area contributed by atoms with Crippen LogP contribution in [0.3, 0.4) is 0 Å². The number of aromatic nitrogens is 1. The molecule has 1 unspecified atom stereocenters. The van der Waals surface area contributed by atoms with Gasteiger partial charge in [0.15, 0.2) is 0 Å². The summed E-state index contributed by atoms with van der Waals surface area (Å²) >= 11 is 0. The van der Waals surface area contributed by atoms with Gasteiger partial charge in [-0.1, -0.05) is 20.8 Å². The molecule has 0 saturated carbocycles. The highest BCUT2D eigenvalue weighted by Gasteiger charge is 2.19. The lowest BCUT2D eigenvalue weighted by molar-refractivity contribution is 0.00800. The van der Waals surface area contributed by atoms with E-state index in [0.29, 0.717) is 19.0 Å². The molecular formula is C15H26N2O2. The highest BCUT2D eigenvalue weighted by molar-refractivity contribution is 5.29. The van der Waals surface area contributed by atoms with Gasteiger partial charge in [-0.2, -0.15) is 0 Å². The molecule has 1 aromatic rings. The van der Waals surface area contributed by atoms with Crippen LogP contribution in [0.5, 0.6) is 5.75 Å². The molecule has 0 fully saturated rings. The standard InChI is InChI=1S/C15H26N2O2/c1-6-15(5,18)10-19-14-8-7-12(4)17-13(14)9-16-11(2)3/h7-8,11,16,18H,6,9-10H2,1-5H3. The van der Waals surface area contributed by atoms with Gasteiger partial charge in [-0.25, -0.2) is 0 Å². The molecule has 4 nitrogen and oxygen atoms in total. The van der Waals surface area contributed by atoms with Crippen molar-refractivity contribution in [1.29, 1.82) is 0 Å². The summed E-state index contributed by atoms with van der Waals surface area (Å²) in [6.45, 7) is 10.8. The van der Waals surface area contributed by atoms with Gasteiger partial charge in [-0.05, 0) is 32.4 Å². The van der Waals surface area contributed by atoms with Crippen molar-refractivity contribution in [2.24, 2.45) is 0 Å². The van der Waals surface area contributed by atoms with Crippen LogP contribution in [0.25, 0.3) is 0 Å². The highest BCUT2D eigenvalue weighted by atomic mass is 16.5. The molecule has 0 aliphatic rings. The molecule has 1 aromatic heterocycles. The van der Waals surface area contributed by atoms with E-state index in [0.717, 1.165) is 17.1 Å². The van der Waals surface area contributed by atoms with Gasteiger partial charge in [0.1, 0.15) is 12.4 Å². The first-order valence-corrected chi connectivity index (χ1v) is 6.89. The zero-order valence-electron chi connectivity index (χ0n) is 12.7. The third-order valence-electron chi connectivity index (χ3n) is 3.05. The zero-order valence-corrected chi connectivity index (χ0v) is 12.7. The highest BCUT2D eigenvalue weighted by Crippen LogP contribution is 2.19. The zero-order chi connectivity index (χ0) is 14.5. The van der Waals surface area contributed by atoms with Crippen LogP contribution in [0.1, 0.15) is 45.5 Å². The van der Waals surface area contributed by atoms with E-state index in [-0.39, 0.29) is 6.61 Å². The van der Waals surface area contributed by atoms with Crippen molar-refractivity contribution < 1.29 is 9.84 Å². The largest absolute Gasteiger partial charge is 0.489 e. The third-order valence-corrected chi connectivity index (χ3v) is 3.05. The Bertz CT molecular complexity index is 403. The molecule has 1 atom stereocenters. The van der Waals surface area contributed by atoms with Crippen molar-refractivity contribution >= 4 is 0 Å². The Labute approximate surface area is 116 Å². The van der Waals surface area contributed by atoms with Crippen molar-refractivity contribution in [1.82, 2.24) is 10.3 Å². The molecule has 1 rings (SSSR count). The fourth-order valence-corrected chi connectivity index (χ4v) is 1.49. The molecule has 1 heterocycles. The Balaban J connectivity index is 2.76. The summed E-state index contributed by atoms with van der Waals surface area (Å²) in [4.78, 5) is 4.50. The van der Waals surface area contributed by atoms with Crippen molar-refractivity contribution in [2.45, 2.75) is 59.2 Å². The van der Waals surface area contributed by atoms with E-state index < -0.39 is 5.60 Å². The number of ether oxygens (including phenoxy) is 1. The van der Waals surface area contributed by atoms with Crippen molar-refractivity contribution in [3.05, 3.63) is 23.5 Å². The Morgan fingerprint density at radius 1 is 1.42 bits per heavy atom. The minimum atomic E-state index is -0.798. The van der Waals surface area contributed by atoms with Crippen LogP contribution in [0.15, 0.2) is 12.1 Å². The summed E-state index contributed by atoms with van der Waals surface area (Å²) in [6, 6.07) is 4.24. The van der Waals surface area contributed by atoms with Crippen molar-refractivity contribution in [3.8, 4) is 5.75 Å². The summed E-state index contributed by atoms with van der Waals surface area (Å²) in [5, 5.41) is 13.3. The molecule has 0 amide bonds. The molecule has 0 radical (unpaired) electrons. The normalized spacial score (nSPS) is 14.5. The molecule has 19 heavy (non-hydrogen) atoms. The van der Waals surface area contributed by atoms with Gasteiger partial charge in [-0.15, -0.1) is 0 Å². The van der Waals surface area contributed by atoms with E-state index in [1.54, 1.807) is 6.92 Å². The second-order valence-corrected chi connectivity index (χ2v) is 5.57. The van der Waals surface area contributed by atoms with E-state index in [4.69, 9.17) is 4.74 Å². The van der Waals surface area contributed by atoms with E-state index in [9.17, 15) is 5.11 Å². The van der Waals surface area contributed by atoms with Crippen LogP contribution in [0, 0.1) is 6.92 Å². The number of aliphatic hydroxyl groups is 1. The SMILES string of the molecule is CCC(C)(O)COc1ccc(C)nc1CNC(C)C. The minimum Gasteiger partial charge on any atom is -0.489 e. The lowest BCUT2D eigenvalue weighted by atomic mass is 10.1. The fraction of sp³-hybridized carbons (Fsp3) is 0.667. The Morgan fingerprint density at radius 3 is 2.68 bits per heavy atom. The third kappa shape index (κ3) is 5.57. The maximum absolute atomic E-state index is 9.99. The molecule has 0 saturated heterocycles. The second-order valence-electron chi connectivity index (χ2n) is 5.57. The number of nitrogens with zero attached hydrogens (tertiary/aromatic N) is 1. The summed E-state index contributed by atoms with van der Waals surface area (Å²) in [5.74, 6) is 0.743. The topological polar surface area (TPSA) is 54.4 Å². The summed E-state index contributed by atoms with van der Waals surface area (Å²) in [7, 11) is 0. The average molecular weight is 266 g/mol. The van der Waals surface area contributed by atoms with E-state index >= 15 is 0 Å². The second kappa shape index (κ2) is 6.87. The first-order valence-electron chi connectivity index (χ1n) is 6.89. The predicted octanol–water partition coefficient (Wildman–Crippen LogP) is 2.43. The fourth-order valence-electron chi connectivity index (χ4n) is 1.49. The maximum atomic E-state index is 9.99. The minimum absolute atomic E-state index is 0.281. The van der Waals surface area contributed by atoms with Crippen LogP contribution < -0.4 is 10.1 Å². The lowest BCUT2D eigenvalue weighted by Gasteiger charge is -2.22. The lowest BCUT2D eigenvalue weighted by Crippen LogP contribution is -2.31. The summed E-state index contributed by atoms with van der Waals surface area (Å²) < 4.78 is 5.73. The Morgan fingerprint density at radius 2 is 2.11 bits per heavy atom. The number of pyridine rings is 1. The molecule has 2 N–H and O–H groups in total. The van der Waals surface area contributed by atoms with Gasteiger partial charge in [0, 0.05) is 18.3 Å². The number of aryl methyl sites for hydroxylation is 1. The summed E-state index contributed by atoms with van der Waals surface area (Å²) in [6.07, 6.45) is 0.659. The van der Waals surface area contributed by atoms with Crippen LogP contribution in [-0.4, -0.2) is 28.3 Å². The molecule has 0 bridgehead atoms. The van der Waals surface area contributed by atoms with E-state index in [1.165, 1.54) is 0 Å². The molecule has 0 aliphatic carbocycles. The molecule has 0 aromatic carbocycles. The van der Waals surface area contributed by atoms with Crippen LogP contribution in [0.2, 0.25) is 0 Å². The number of nitrogens with one attached hydrogen (secondary N) is 1. The van der Waals surface area contributed by atoms with Crippen molar-refractivity contribution in [2.75, 3.05) is 6.61 Å². The molecule has 0 aliphatic heterocycles. The van der Waals surface area contributed by atoms with Gasteiger partial charge in [0.25, 0.3) is 0 Å². The quantitative estimate of drug-likeness (QED) is 0.796. The molecule has 108 valence electrons. The monoisotopic (exact) mass is 266 g/mol. The van der Waals surface area contributed by atoms with Gasteiger partial charge < -0.3 is 15.2 Å². The first-order chi connectivity index (χ1) is 8.84. The van der Waals surface area contributed by atoms with Crippen molar-refractivity contribution in [3.63, 3.8) is 0 Å². The van der Waals surface area contributed by atoms with Gasteiger partial charge in [-0.3, -0.25) is 4.98 Å². The molecule has 4 heteroatoms. The van der Waals surface area contributed by atoms with Gasteiger partial charge >= 0.3 is 0 Å². The average Bonchev–Trinajstić information content (AvgIpc) is 2.35. The van der Waals surface area contributed by atoms with E-state index in [2.05, 4.69) is 24.1 Å². The van der Waals surface area contributed by atoms with E-state index in [1.807, 2.05) is 26.0 Å². The maximum Gasteiger partial charge on any atom is 0.142 e. The van der Waals surface area contributed by atoms with Crippen LogP contribution in [-0.2, 0) is 6.54 Å². The number of hydrogen-bond acceptors (Lipinski definition) is 4. The first kappa shape index (κ1) is 15.9. The Hall–Kier alpha value is -1.13. The molecular weight excluding hydrogens is 240 g/mol. The number of rotatable bonds is 7. The number of hydrogen-bond donors (Lipinski definition) is 2. The van der Waals surface area contributed by atoms with Crippen LogP contribution in [0.4, 0.5) is 0 Å². The van der Waals surface area contributed by atoms with Gasteiger partial charge in [0.05, 0.1) is 11.3 Å².